The van der Waals surface area contributed by atoms with E-state index in [0.717, 1.165) is 17.7 Å². The van der Waals surface area contributed by atoms with Crippen LogP contribution in [0.15, 0.2) is 24.3 Å². The normalized spacial score (nSPS) is 13.4. The first kappa shape index (κ1) is 22.8. The van der Waals surface area contributed by atoms with Crippen LogP contribution in [0.2, 0.25) is 0 Å². The summed E-state index contributed by atoms with van der Waals surface area (Å²) in [7, 11) is 1.61. The van der Waals surface area contributed by atoms with Crippen LogP contribution in [-0.2, 0) is 9.59 Å². The van der Waals surface area contributed by atoms with Crippen molar-refractivity contribution in [3.05, 3.63) is 24.3 Å². The molecule has 0 aliphatic rings. The van der Waals surface area contributed by atoms with Crippen LogP contribution in [0.25, 0.3) is 10.6 Å². The first-order valence-electron chi connectivity index (χ1n) is 9.71. The molecule has 0 bridgehead atoms. The minimum absolute atomic E-state index is 0.00954. The van der Waals surface area contributed by atoms with Gasteiger partial charge >= 0.3 is 0 Å². The van der Waals surface area contributed by atoms with Crippen LogP contribution in [0.3, 0.4) is 0 Å². The number of hydrogen-bond acceptors (Lipinski definition) is 6. The molecule has 8 heteroatoms. The number of amides is 2. The van der Waals surface area contributed by atoms with Crippen LogP contribution < -0.4 is 15.4 Å². The van der Waals surface area contributed by atoms with E-state index in [1.165, 1.54) is 11.3 Å². The predicted octanol–water partition coefficient (Wildman–Crippen LogP) is 4.12. The van der Waals surface area contributed by atoms with E-state index < -0.39 is 6.04 Å². The lowest BCUT2D eigenvalue weighted by Gasteiger charge is -2.25. The number of nitrogens with one attached hydrogen (secondary N) is 2. The highest BCUT2D eigenvalue weighted by atomic mass is 32.1. The molecule has 0 spiro atoms. The van der Waals surface area contributed by atoms with Crippen molar-refractivity contribution in [2.75, 3.05) is 12.4 Å². The predicted molar refractivity (Wildman–Crippen MR) is 116 cm³/mol. The third kappa shape index (κ3) is 6.81. The van der Waals surface area contributed by atoms with Gasteiger partial charge in [0.15, 0.2) is 0 Å². The van der Waals surface area contributed by atoms with Gasteiger partial charge in [0.1, 0.15) is 16.8 Å². The summed E-state index contributed by atoms with van der Waals surface area (Å²) in [5, 5.41) is 15.0. The molecule has 29 heavy (non-hydrogen) atoms. The fourth-order valence-electron chi connectivity index (χ4n) is 2.74. The van der Waals surface area contributed by atoms with Gasteiger partial charge in [-0.1, -0.05) is 64.5 Å². The van der Waals surface area contributed by atoms with E-state index in [0.29, 0.717) is 16.6 Å². The Hall–Kier alpha value is -2.48. The zero-order valence-electron chi connectivity index (χ0n) is 17.9. The molecule has 2 rings (SSSR count). The lowest BCUT2D eigenvalue weighted by atomic mass is 9.91. The molecule has 158 valence electrons. The van der Waals surface area contributed by atoms with Crippen molar-refractivity contribution in [3.8, 4) is 16.3 Å². The molecule has 0 fully saturated rings. The summed E-state index contributed by atoms with van der Waals surface area (Å²) in [6, 6.07) is 6.87. The molecule has 2 amide bonds. The second kappa shape index (κ2) is 9.82. The molecule has 2 N–H and O–H groups in total. The Balaban J connectivity index is 2.11. The molecule has 2 aromatic rings. The van der Waals surface area contributed by atoms with Crippen molar-refractivity contribution in [1.29, 1.82) is 0 Å². The van der Waals surface area contributed by atoms with E-state index in [-0.39, 0.29) is 23.1 Å². The smallest absolute Gasteiger partial charge is 0.249 e. The fourth-order valence-corrected chi connectivity index (χ4v) is 3.48. The van der Waals surface area contributed by atoms with Gasteiger partial charge in [-0.3, -0.25) is 14.9 Å². The molecule has 2 atom stereocenters. The lowest BCUT2D eigenvalue weighted by molar-refractivity contribution is -0.128. The van der Waals surface area contributed by atoms with E-state index >= 15 is 0 Å². The van der Waals surface area contributed by atoms with E-state index in [9.17, 15) is 9.59 Å². The van der Waals surface area contributed by atoms with E-state index in [1.807, 2.05) is 58.9 Å². The van der Waals surface area contributed by atoms with Crippen LogP contribution in [0.5, 0.6) is 5.75 Å². The molecule has 0 radical (unpaired) electrons. The van der Waals surface area contributed by atoms with Crippen LogP contribution in [-0.4, -0.2) is 35.2 Å². The fraction of sp³-hybridized carbons (Fsp3) is 0.524. The third-order valence-electron chi connectivity index (χ3n) is 4.47. The Labute approximate surface area is 176 Å². The maximum atomic E-state index is 12.9. The molecule has 0 saturated heterocycles. The maximum Gasteiger partial charge on any atom is 0.249 e. The minimum atomic E-state index is -0.626. The maximum absolute atomic E-state index is 12.9. The van der Waals surface area contributed by atoms with Crippen molar-refractivity contribution in [3.63, 3.8) is 0 Å². The number of methoxy groups -OCH3 is 1. The summed E-state index contributed by atoms with van der Waals surface area (Å²) in [6.07, 6.45) is 1.12. The van der Waals surface area contributed by atoms with Gasteiger partial charge in [-0.25, -0.2) is 0 Å². The van der Waals surface area contributed by atoms with E-state index in [2.05, 4.69) is 20.8 Å². The molecular formula is C21H30N4O3S. The summed E-state index contributed by atoms with van der Waals surface area (Å²) in [6.45, 7) is 9.92. The van der Waals surface area contributed by atoms with Crippen molar-refractivity contribution in [2.24, 2.45) is 11.3 Å². The molecule has 1 aromatic heterocycles. The summed E-state index contributed by atoms with van der Waals surface area (Å²) < 4.78 is 5.24. The monoisotopic (exact) mass is 418 g/mol. The second-order valence-electron chi connectivity index (χ2n) is 8.30. The SMILES string of the molecule is CCC(C)C(NC(=O)CC(C)(C)C)C(=O)Nc1nnc(-c2cccc(OC)c2)s1. The van der Waals surface area contributed by atoms with Crippen molar-refractivity contribution in [1.82, 2.24) is 15.5 Å². The molecule has 1 aromatic carbocycles. The summed E-state index contributed by atoms with van der Waals surface area (Å²) >= 11 is 1.28. The standard InChI is InChI=1S/C21H30N4O3S/c1-7-13(2)17(22-16(26)12-21(3,4)5)18(27)23-20-25-24-19(29-20)14-9-8-10-15(11-14)28-6/h8-11,13,17H,7,12H2,1-6H3,(H,22,26)(H,23,25,27). The van der Waals surface area contributed by atoms with Crippen molar-refractivity contribution < 1.29 is 14.3 Å². The molecule has 1 heterocycles. The third-order valence-corrected chi connectivity index (χ3v) is 5.36. The highest BCUT2D eigenvalue weighted by Crippen LogP contribution is 2.29. The number of benzene rings is 1. The minimum Gasteiger partial charge on any atom is -0.497 e. The van der Waals surface area contributed by atoms with Crippen LogP contribution >= 0.6 is 11.3 Å². The van der Waals surface area contributed by atoms with Gasteiger partial charge in [0.05, 0.1) is 7.11 Å². The number of hydrogen-bond donors (Lipinski definition) is 2. The Morgan fingerprint density at radius 1 is 1.24 bits per heavy atom. The zero-order valence-corrected chi connectivity index (χ0v) is 18.7. The van der Waals surface area contributed by atoms with Gasteiger partial charge in [0.25, 0.3) is 0 Å². The first-order valence-corrected chi connectivity index (χ1v) is 10.5. The Morgan fingerprint density at radius 3 is 2.59 bits per heavy atom. The number of nitrogens with zero attached hydrogens (tertiary/aromatic N) is 2. The summed E-state index contributed by atoms with van der Waals surface area (Å²) in [4.78, 5) is 25.2. The van der Waals surface area contributed by atoms with Gasteiger partial charge in [-0.15, -0.1) is 10.2 Å². The Bertz CT molecular complexity index is 844. The largest absolute Gasteiger partial charge is 0.497 e. The van der Waals surface area contributed by atoms with Gasteiger partial charge in [-0.2, -0.15) is 0 Å². The molecule has 0 aliphatic carbocycles. The Morgan fingerprint density at radius 2 is 1.97 bits per heavy atom. The molecule has 0 aliphatic heterocycles. The van der Waals surface area contributed by atoms with E-state index in [1.54, 1.807) is 7.11 Å². The van der Waals surface area contributed by atoms with Crippen molar-refractivity contribution >= 4 is 28.3 Å². The molecule has 0 saturated carbocycles. The Kier molecular flexibility index (Phi) is 7.73. The highest BCUT2D eigenvalue weighted by Gasteiger charge is 2.28. The number of anilines is 1. The average Bonchev–Trinajstić information content (AvgIpc) is 3.12. The molecular weight excluding hydrogens is 388 g/mol. The molecule has 7 nitrogen and oxygen atoms in total. The summed E-state index contributed by atoms with van der Waals surface area (Å²) in [5.41, 5.74) is 0.713. The zero-order chi connectivity index (χ0) is 21.6. The van der Waals surface area contributed by atoms with Crippen molar-refractivity contribution in [2.45, 2.75) is 53.5 Å². The average molecular weight is 419 g/mol. The number of carbonyl (C=O) groups is 2. The quantitative estimate of drug-likeness (QED) is 0.673. The lowest BCUT2D eigenvalue weighted by Crippen LogP contribution is -2.48. The molecule has 2 unspecified atom stereocenters. The first-order chi connectivity index (χ1) is 13.6. The number of carbonyl (C=O) groups excluding carboxylic acids is 2. The van der Waals surface area contributed by atoms with E-state index in [4.69, 9.17) is 4.74 Å². The van der Waals surface area contributed by atoms with Gasteiger partial charge < -0.3 is 10.1 Å². The van der Waals surface area contributed by atoms with Gasteiger partial charge in [-0.05, 0) is 23.5 Å². The topological polar surface area (TPSA) is 93.2 Å². The van der Waals surface area contributed by atoms with Gasteiger partial charge in [0, 0.05) is 12.0 Å². The highest BCUT2D eigenvalue weighted by molar-refractivity contribution is 7.18. The number of aromatic nitrogens is 2. The van der Waals surface area contributed by atoms with Crippen LogP contribution in [0, 0.1) is 11.3 Å². The van der Waals surface area contributed by atoms with Crippen LogP contribution in [0.1, 0.15) is 47.5 Å². The van der Waals surface area contributed by atoms with Crippen LogP contribution in [0.4, 0.5) is 5.13 Å². The number of ether oxygens (including phenoxy) is 1. The second-order valence-corrected chi connectivity index (χ2v) is 9.28. The van der Waals surface area contributed by atoms with Gasteiger partial charge in [0.2, 0.25) is 16.9 Å². The number of rotatable bonds is 8. The summed E-state index contributed by atoms with van der Waals surface area (Å²) in [5.74, 6) is 0.300.